The maximum absolute atomic E-state index is 14.1. The van der Waals surface area contributed by atoms with Crippen LogP contribution < -0.4 is 15.4 Å². The Morgan fingerprint density at radius 1 is 1.29 bits per heavy atom. The van der Waals surface area contributed by atoms with Gasteiger partial charge in [-0.1, -0.05) is 0 Å². The molecule has 8 heteroatoms. The molecule has 2 aromatic rings. The zero-order chi connectivity index (χ0) is 20.3. The SMILES string of the molecule is CC(C)(C)OC(=O)NCc1cc(Oc2ccnc3c2CCC(=O)N3)ccc1F. The molecule has 3 rings (SSSR count). The molecule has 0 atom stereocenters. The molecule has 1 aliphatic rings. The van der Waals surface area contributed by atoms with E-state index in [4.69, 9.17) is 9.47 Å². The van der Waals surface area contributed by atoms with Gasteiger partial charge in [0.2, 0.25) is 5.91 Å². The van der Waals surface area contributed by atoms with Crippen molar-refractivity contribution in [3.8, 4) is 11.5 Å². The summed E-state index contributed by atoms with van der Waals surface area (Å²) in [6, 6.07) is 5.98. The van der Waals surface area contributed by atoms with Crippen molar-refractivity contribution in [2.45, 2.75) is 45.8 Å². The molecule has 0 unspecified atom stereocenters. The van der Waals surface area contributed by atoms with Crippen molar-refractivity contribution in [1.82, 2.24) is 10.3 Å². The number of nitrogens with one attached hydrogen (secondary N) is 2. The first-order valence-corrected chi connectivity index (χ1v) is 8.92. The third-order valence-corrected chi connectivity index (χ3v) is 3.94. The molecule has 0 aliphatic carbocycles. The first-order valence-electron chi connectivity index (χ1n) is 8.92. The highest BCUT2D eigenvalue weighted by Crippen LogP contribution is 2.33. The van der Waals surface area contributed by atoms with Crippen molar-refractivity contribution in [3.63, 3.8) is 0 Å². The lowest BCUT2D eigenvalue weighted by Crippen LogP contribution is -2.32. The van der Waals surface area contributed by atoms with Crippen LogP contribution in [0.4, 0.5) is 15.0 Å². The summed E-state index contributed by atoms with van der Waals surface area (Å²) in [4.78, 5) is 27.4. The number of alkyl carbamates (subject to hydrolysis) is 1. The van der Waals surface area contributed by atoms with Gasteiger partial charge in [-0.15, -0.1) is 0 Å². The Kier molecular flexibility index (Phi) is 5.48. The summed E-state index contributed by atoms with van der Waals surface area (Å²) in [7, 11) is 0. The zero-order valence-corrected chi connectivity index (χ0v) is 16.0. The molecule has 0 saturated heterocycles. The van der Waals surface area contributed by atoms with Gasteiger partial charge in [-0.3, -0.25) is 4.79 Å². The summed E-state index contributed by atoms with van der Waals surface area (Å²) in [5.74, 6) is 0.875. The highest BCUT2D eigenvalue weighted by atomic mass is 19.1. The van der Waals surface area contributed by atoms with Gasteiger partial charge in [0.1, 0.15) is 28.7 Å². The molecule has 0 saturated carbocycles. The first kappa shape index (κ1) is 19.6. The summed E-state index contributed by atoms with van der Waals surface area (Å²) < 4.78 is 25.2. The Morgan fingerprint density at radius 2 is 2.07 bits per heavy atom. The van der Waals surface area contributed by atoms with Crippen LogP contribution in [-0.4, -0.2) is 22.6 Å². The molecule has 0 fully saturated rings. The second-order valence-corrected chi connectivity index (χ2v) is 7.40. The third-order valence-electron chi connectivity index (χ3n) is 3.94. The number of rotatable bonds is 4. The fourth-order valence-electron chi connectivity index (χ4n) is 2.71. The molecular formula is C20H22FN3O4. The number of pyridine rings is 1. The van der Waals surface area contributed by atoms with E-state index in [1.165, 1.54) is 24.4 Å². The number of anilines is 1. The molecule has 0 radical (unpaired) electrons. The lowest BCUT2D eigenvalue weighted by Gasteiger charge is -2.20. The van der Waals surface area contributed by atoms with Gasteiger partial charge >= 0.3 is 6.09 Å². The fourth-order valence-corrected chi connectivity index (χ4v) is 2.71. The molecular weight excluding hydrogens is 365 g/mol. The van der Waals surface area contributed by atoms with Gasteiger partial charge in [0.25, 0.3) is 0 Å². The predicted molar refractivity (Wildman–Crippen MR) is 101 cm³/mol. The van der Waals surface area contributed by atoms with Crippen molar-refractivity contribution in [2.24, 2.45) is 0 Å². The Bertz CT molecular complexity index is 909. The molecule has 2 N–H and O–H groups in total. The molecule has 148 valence electrons. The van der Waals surface area contributed by atoms with E-state index in [0.717, 1.165) is 5.56 Å². The smallest absolute Gasteiger partial charge is 0.407 e. The van der Waals surface area contributed by atoms with Crippen LogP contribution in [-0.2, 0) is 22.5 Å². The van der Waals surface area contributed by atoms with E-state index in [2.05, 4.69) is 15.6 Å². The summed E-state index contributed by atoms with van der Waals surface area (Å²) in [5, 5.41) is 5.23. The molecule has 7 nitrogen and oxygen atoms in total. The number of benzene rings is 1. The average Bonchev–Trinajstić information content (AvgIpc) is 2.60. The number of carbonyl (C=O) groups is 2. The molecule has 1 aromatic carbocycles. The number of nitrogens with zero attached hydrogens (tertiary/aromatic N) is 1. The van der Waals surface area contributed by atoms with Crippen LogP contribution in [0.15, 0.2) is 30.5 Å². The summed E-state index contributed by atoms with van der Waals surface area (Å²) >= 11 is 0. The van der Waals surface area contributed by atoms with Crippen LogP contribution in [0, 0.1) is 5.82 Å². The van der Waals surface area contributed by atoms with Crippen LogP contribution in [0.25, 0.3) is 0 Å². The van der Waals surface area contributed by atoms with Gasteiger partial charge in [-0.25, -0.2) is 14.2 Å². The molecule has 0 spiro atoms. The second kappa shape index (κ2) is 7.84. The van der Waals surface area contributed by atoms with Crippen LogP contribution >= 0.6 is 0 Å². The second-order valence-electron chi connectivity index (χ2n) is 7.40. The molecule has 2 heterocycles. The van der Waals surface area contributed by atoms with Crippen molar-refractivity contribution in [1.29, 1.82) is 0 Å². The maximum atomic E-state index is 14.1. The monoisotopic (exact) mass is 387 g/mol. The minimum Gasteiger partial charge on any atom is -0.457 e. The largest absolute Gasteiger partial charge is 0.457 e. The summed E-state index contributed by atoms with van der Waals surface area (Å²) in [6.07, 6.45) is 1.77. The third kappa shape index (κ3) is 4.97. The Balaban J connectivity index is 1.73. The van der Waals surface area contributed by atoms with Crippen LogP contribution in [0.3, 0.4) is 0 Å². The van der Waals surface area contributed by atoms with E-state index in [9.17, 15) is 14.0 Å². The van der Waals surface area contributed by atoms with Crippen molar-refractivity contribution >= 4 is 17.8 Å². The number of halogens is 1. The number of hydrogen-bond acceptors (Lipinski definition) is 5. The van der Waals surface area contributed by atoms with Crippen LogP contribution in [0.2, 0.25) is 0 Å². The van der Waals surface area contributed by atoms with E-state index in [1.54, 1.807) is 26.8 Å². The number of hydrogen-bond donors (Lipinski definition) is 2. The van der Waals surface area contributed by atoms with Crippen LogP contribution in [0.5, 0.6) is 11.5 Å². The molecule has 0 bridgehead atoms. The first-order chi connectivity index (χ1) is 13.2. The molecule has 1 aliphatic heterocycles. The minimum atomic E-state index is -0.635. The normalized spacial score (nSPS) is 13.4. The Hall–Kier alpha value is -3.16. The summed E-state index contributed by atoms with van der Waals surface area (Å²) in [5.41, 5.74) is 0.420. The topological polar surface area (TPSA) is 89.6 Å². The highest BCUT2D eigenvalue weighted by Gasteiger charge is 2.20. The van der Waals surface area contributed by atoms with Crippen molar-refractivity contribution in [3.05, 3.63) is 47.4 Å². The fraction of sp³-hybridized carbons (Fsp3) is 0.350. The lowest BCUT2D eigenvalue weighted by molar-refractivity contribution is -0.116. The number of aromatic nitrogens is 1. The van der Waals surface area contributed by atoms with Gasteiger partial charge in [0.05, 0.1) is 0 Å². The van der Waals surface area contributed by atoms with Gasteiger partial charge in [0, 0.05) is 30.3 Å². The molecule has 28 heavy (non-hydrogen) atoms. The highest BCUT2D eigenvalue weighted by molar-refractivity contribution is 5.93. The predicted octanol–water partition coefficient (Wildman–Crippen LogP) is 3.92. The van der Waals surface area contributed by atoms with E-state index in [-0.39, 0.29) is 18.0 Å². The van der Waals surface area contributed by atoms with E-state index < -0.39 is 17.5 Å². The van der Waals surface area contributed by atoms with Gasteiger partial charge in [0.15, 0.2) is 0 Å². The Morgan fingerprint density at radius 3 is 2.82 bits per heavy atom. The van der Waals surface area contributed by atoms with Gasteiger partial charge in [-0.2, -0.15) is 0 Å². The standard InChI is InChI=1S/C20H22FN3O4/c1-20(2,3)28-19(26)23-11-12-10-13(4-6-15(12)21)27-16-8-9-22-18-14(16)5-7-17(25)24-18/h4,6,8-10H,5,7,11H2,1-3H3,(H,23,26)(H,22,24,25). The van der Waals surface area contributed by atoms with Crippen LogP contribution in [0.1, 0.15) is 38.3 Å². The number of fused-ring (bicyclic) bond motifs is 1. The molecule has 2 amide bonds. The quantitative estimate of drug-likeness (QED) is 0.830. The zero-order valence-electron chi connectivity index (χ0n) is 16.0. The number of amides is 2. The van der Waals surface area contributed by atoms with Crippen molar-refractivity contribution in [2.75, 3.05) is 5.32 Å². The average molecular weight is 387 g/mol. The Labute approximate surface area is 162 Å². The van der Waals surface area contributed by atoms with E-state index in [0.29, 0.717) is 30.2 Å². The lowest BCUT2D eigenvalue weighted by atomic mass is 10.1. The minimum absolute atomic E-state index is 0.0392. The maximum Gasteiger partial charge on any atom is 0.407 e. The molecule has 1 aromatic heterocycles. The van der Waals surface area contributed by atoms with E-state index in [1.807, 2.05) is 0 Å². The van der Waals surface area contributed by atoms with Crippen molar-refractivity contribution < 1.29 is 23.5 Å². The van der Waals surface area contributed by atoms with Gasteiger partial charge in [-0.05, 0) is 51.5 Å². The van der Waals surface area contributed by atoms with Gasteiger partial charge < -0.3 is 20.1 Å². The number of ether oxygens (including phenoxy) is 2. The summed E-state index contributed by atoms with van der Waals surface area (Å²) in [6.45, 7) is 5.21. The number of carbonyl (C=O) groups excluding carboxylic acids is 2. The van der Waals surface area contributed by atoms with E-state index >= 15 is 0 Å².